The number of aryl methyl sites for hydroxylation is 1. The first-order valence-electron chi connectivity index (χ1n) is 5.81. The van der Waals surface area contributed by atoms with Crippen molar-refractivity contribution in [1.29, 1.82) is 0 Å². The Bertz CT molecular complexity index is 516. The Labute approximate surface area is 100.0 Å². The number of pyridine rings is 1. The highest BCUT2D eigenvalue weighted by Gasteiger charge is 2.25. The number of carbonyl (C=O) groups is 1. The standard InChI is InChI=1S/C13H16N2O2/c1-3-10-5-4-8-15(10)13(17)11-7-6-9(2)14-12(11)16/h4-7,10H,3,8H2,1-2H3,(H,14,16). The molecule has 1 aliphatic rings. The maximum absolute atomic E-state index is 12.2. The van der Waals surface area contributed by atoms with E-state index in [9.17, 15) is 9.59 Å². The van der Waals surface area contributed by atoms with Gasteiger partial charge < -0.3 is 9.88 Å². The molecule has 1 atom stereocenters. The fraction of sp³-hybridized carbons (Fsp3) is 0.385. The normalized spacial score (nSPS) is 18.7. The predicted molar refractivity (Wildman–Crippen MR) is 66.1 cm³/mol. The summed E-state index contributed by atoms with van der Waals surface area (Å²) in [5, 5.41) is 0. The Morgan fingerprint density at radius 3 is 2.94 bits per heavy atom. The van der Waals surface area contributed by atoms with Gasteiger partial charge in [0.25, 0.3) is 11.5 Å². The van der Waals surface area contributed by atoms with Crippen LogP contribution in [0.4, 0.5) is 0 Å². The number of H-pyrrole nitrogens is 1. The van der Waals surface area contributed by atoms with Gasteiger partial charge in [-0.05, 0) is 25.5 Å². The molecule has 4 nitrogen and oxygen atoms in total. The minimum Gasteiger partial charge on any atom is -0.328 e. The summed E-state index contributed by atoms with van der Waals surface area (Å²) in [7, 11) is 0. The molecule has 1 aromatic rings. The first kappa shape index (κ1) is 11.6. The molecule has 1 aliphatic heterocycles. The Kier molecular flexibility index (Phi) is 3.13. The second-order valence-corrected chi connectivity index (χ2v) is 4.25. The number of rotatable bonds is 2. The summed E-state index contributed by atoms with van der Waals surface area (Å²) in [5.74, 6) is -0.192. The molecule has 17 heavy (non-hydrogen) atoms. The third kappa shape index (κ3) is 2.16. The van der Waals surface area contributed by atoms with Crippen molar-refractivity contribution >= 4 is 5.91 Å². The van der Waals surface area contributed by atoms with Crippen molar-refractivity contribution in [2.24, 2.45) is 0 Å². The van der Waals surface area contributed by atoms with E-state index in [4.69, 9.17) is 0 Å². The molecule has 4 heteroatoms. The highest BCUT2D eigenvalue weighted by Crippen LogP contribution is 2.15. The van der Waals surface area contributed by atoms with E-state index in [0.29, 0.717) is 6.54 Å². The van der Waals surface area contributed by atoms with Gasteiger partial charge >= 0.3 is 0 Å². The molecule has 2 rings (SSSR count). The number of hydrogen-bond donors (Lipinski definition) is 1. The molecule has 1 aromatic heterocycles. The van der Waals surface area contributed by atoms with Gasteiger partial charge in [-0.15, -0.1) is 0 Å². The molecular formula is C13H16N2O2. The zero-order chi connectivity index (χ0) is 12.4. The summed E-state index contributed by atoms with van der Waals surface area (Å²) in [6.07, 6.45) is 4.85. The molecule has 0 aliphatic carbocycles. The lowest BCUT2D eigenvalue weighted by Crippen LogP contribution is -2.38. The first-order chi connectivity index (χ1) is 8.13. The van der Waals surface area contributed by atoms with E-state index in [2.05, 4.69) is 4.98 Å². The zero-order valence-electron chi connectivity index (χ0n) is 10.1. The molecular weight excluding hydrogens is 216 g/mol. The molecule has 0 bridgehead atoms. The molecule has 0 spiro atoms. The van der Waals surface area contributed by atoms with Gasteiger partial charge in [0.1, 0.15) is 5.56 Å². The van der Waals surface area contributed by atoms with E-state index in [1.54, 1.807) is 24.0 Å². The van der Waals surface area contributed by atoms with Crippen LogP contribution in [0.1, 0.15) is 29.4 Å². The van der Waals surface area contributed by atoms with Crippen molar-refractivity contribution in [2.45, 2.75) is 26.3 Å². The average molecular weight is 232 g/mol. The number of amides is 1. The molecule has 1 unspecified atom stereocenters. The van der Waals surface area contributed by atoms with Crippen LogP contribution in [0.5, 0.6) is 0 Å². The van der Waals surface area contributed by atoms with Crippen molar-refractivity contribution < 1.29 is 4.79 Å². The summed E-state index contributed by atoms with van der Waals surface area (Å²) in [4.78, 5) is 28.3. The minimum absolute atomic E-state index is 0.114. The summed E-state index contributed by atoms with van der Waals surface area (Å²) in [5.41, 5.74) is 0.674. The average Bonchev–Trinajstić information content (AvgIpc) is 2.76. The number of carbonyl (C=O) groups excluding carboxylic acids is 1. The molecule has 1 N–H and O–H groups in total. The van der Waals surface area contributed by atoms with E-state index >= 15 is 0 Å². The molecule has 1 amide bonds. The quantitative estimate of drug-likeness (QED) is 0.785. The fourth-order valence-electron chi connectivity index (χ4n) is 2.06. The van der Waals surface area contributed by atoms with Gasteiger partial charge in [0.05, 0.1) is 6.04 Å². The van der Waals surface area contributed by atoms with Gasteiger partial charge in [0.2, 0.25) is 0 Å². The van der Waals surface area contributed by atoms with Crippen molar-refractivity contribution in [2.75, 3.05) is 6.54 Å². The molecule has 0 saturated carbocycles. The zero-order valence-corrected chi connectivity index (χ0v) is 10.1. The Morgan fingerprint density at radius 2 is 2.29 bits per heavy atom. The lowest BCUT2D eigenvalue weighted by atomic mass is 10.2. The van der Waals surface area contributed by atoms with Crippen molar-refractivity contribution in [3.8, 4) is 0 Å². The van der Waals surface area contributed by atoms with Crippen LogP contribution >= 0.6 is 0 Å². The van der Waals surface area contributed by atoms with Crippen molar-refractivity contribution in [3.05, 3.63) is 45.9 Å². The number of hydrogen-bond acceptors (Lipinski definition) is 2. The Balaban J connectivity index is 2.29. The topological polar surface area (TPSA) is 53.2 Å². The van der Waals surface area contributed by atoms with Gasteiger partial charge in [-0.2, -0.15) is 0 Å². The highest BCUT2D eigenvalue weighted by atomic mass is 16.2. The lowest BCUT2D eigenvalue weighted by molar-refractivity contribution is 0.0746. The number of nitrogens with zero attached hydrogens (tertiary/aromatic N) is 1. The van der Waals surface area contributed by atoms with Crippen LogP contribution in [0.15, 0.2) is 29.1 Å². The lowest BCUT2D eigenvalue weighted by Gasteiger charge is -2.23. The van der Waals surface area contributed by atoms with E-state index < -0.39 is 0 Å². The largest absolute Gasteiger partial charge is 0.328 e. The third-order valence-electron chi connectivity index (χ3n) is 3.03. The van der Waals surface area contributed by atoms with E-state index in [1.807, 2.05) is 19.1 Å². The molecule has 0 radical (unpaired) electrons. The smallest absolute Gasteiger partial charge is 0.260 e. The molecule has 0 aromatic carbocycles. The Hall–Kier alpha value is -1.84. The second-order valence-electron chi connectivity index (χ2n) is 4.25. The van der Waals surface area contributed by atoms with Crippen LogP contribution in [0.2, 0.25) is 0 Å². The van der Waals surface area contributed by atoms with Gasteiger partial charge in [0.15, 0.2) is 0 Å². The molecule has 2 heterocycles. The highest BCUT2D eigenvalue weighted by molar-refractivity contribution is 5.94. The van der Waals surface area contributed by atoms with Crippen molar-refractivity contribution in [3.63, 3.8) is 0 Å². The summed E-state index contributed by atoms with van der Waals surface area (Å²) in [6, 6.07) is 3.46. The second kappa shape index (κ2) is 4.57. The van der Waals surface area contributed by atoms with Crippen LogP contribution in [-0.2, 0) is 0 Å². The fourth-order valence-corrected chi connectivity index (χ4v) is 2.06. The number of aromatic amines is 1. The van der Waals surface area contributed by atoms with Crippen LogP contribution in [-0.4, -0.2) is 28.4 Å². The van der Waals surface area contributed by atoms with Gasteiger partial charge in [0, 0.05) is 12.2 Å². The Morgan fingerprint density at radius 1 is 1.53 bits per heavy atom. The van der Waals surface area contributed by atoms with Gasteiger partial charge in [-0.1, -0.05) is 19.1 Å². The van der Waals surface area contributed by atoms with Gasteiger partial charge in [-0.25, -0.2) is 0 Å². The molecule has 90 valence electrons. The first-order valence-corrected chi connectivity index (χ1v) is 5.81. The van der Waals surface area contributed by atoms with Gasteiger partial charge in [-0.3, -0.25) is 9.59 Å². The van der Waals surface area contributed by atoms with E-state index in [1.165, 1.54) is 0 Å². The van der Waals surface area contributed by atoms with Crippen molar-refractivity contribution in [1.82, 2.24) is 9.88 Å². The maximum Gasteiger partial charge on any atom is 0.260 e. The SMILES string of the molecule is CCC1C=CCN1C(=O)c1ccc(C)[nH]c1=O. The van der Waals surface area contributed by atoms with Crippen LogP contribution in [0, 0.1) is 6.92 Å². The van der Waals surface area contributed by atoms with E-state index in [-0.39, 0.29) is 23.1 Å². The monoisotopic (exact) mass is 232 g/mol. The molecule has 0 fully saturated rings. The summed E-state index contributed by atoms with van der Waals surface area (Å²) >= 11 is 0. The maximum atomic E-state index is 12.2. The number of nitrogens with one attached hydrogen (secondary N) is 1. The van der Waals surface area contributed by atoms with Crippen LogP contribution in [0.3, 0.4) is 0 Å². The summed E-state index contributed by atoms with van der Waals surface area (Å²) in [6.45, 7) is 4.41. The van der Waals surface area contributed by atoms with Crippen LogP contribution in [0.25, 0.3) is 0 Å². The predicted octanol–water partition coefficient (Wildman–Crippen LogP) is 1.47. The third-order valence-corrected chi connectivity index (χ3v) is 3.03. The van der Waals surface area contributed by atoms with E-state index in [0.717, 1.165) is 12.1 Å². The number of aromatic nitrogens is 1. The molecule has 0 saturated heterocycles. The van der Waals surface area contributed by atoms with Crippen LogP contribution < -0.4 is 5.56 Å². The summed E-state index contributed by atoms with van der Waals surface area (Å²) < 4.78 is 0. The minimum atomic E-state index is -0.309.